The molecule has 3 nitrogen and oxygen atoms in total. The predicted octanol–water partition coefficient (Wildman–Crippen LogP) is 0.686. The predicted molar refractivity (Wildman–Crippen MR) is 34.5 cm³/mol. The highest BCUT2D eigenvalue weighted by atomic mass is 16.4. The lowest BCUT2D eigenvalue weighted by atomic mass is 9.98. The summed E-state index contributed by atoms with van der Waals surface area (Å²) in [5.74, 6) is -1.45. The second-order valence-corrected chi connectivity index (χ2v) is 2.68. The van der Waals surface area contributed by atoms with Crippen LogP contribution in [0.4, 0.5) is 0 Å². The van der Waals surface area contributed by atoms with Crippen molar-refractivity contribution >= 4 is 12.3 Å². The molecule has 1 N–H and O–H groups in total. The number of rotatable bonds is 2. The molecule has 0 heterocycles. The van der Waals surface area contributed by atoms with E-state index in [-0.39, 0.29) is 5.92 Å². The Morgan fingerprint density at radius 2 is 2.20 bits per heavy atom. The molecule has 0 amide bonds. The molecule has 0 aromatic rings. The molecule has 0 aromatic heterocycles. The van der Waals surface area contributed by atoms with Crippen LogP contribution in [0.1, 0.15) is 19.3 Å². The van der Waals surface area contributed by atoms with E-state index in [0.29, 0.717) is 6.42 Å². The maximum Gasteiger partial charge on any atom is 0.307 e. The van der Waals surface area contributed by atoms with Gasteiger partial charge in [-0.3, -0.25) is 4.79 Å². The highest BCUT2D eigenvalue weighted by Gasteiger charge is 2.32. The van der Waals surface area contributed by atoms with Crippen molar-refractivity contribution in [2.75, 3.05) is 0 Å². The number of hydrogen-bond acceptors (Lipinski definition) is 2. The molecule has 1 aliphatic carbocycles. The van der Waals surface area contributed by atoms with Gasteiger partial charge in [0.2, 0.25) is 0 Å². The summed E-state index contributed by atoms with van der Waals surface area (Å²) in [6.45, 7) is 0. The van der Waals surface area contributed by atoms with E-state index in [1.165, 1.54) is 0 Å². The lowest BCUT2D eigenvalue weighted by Gasteiger charge is -2.06. The van der Waals surface area contributed by atoms with Crippen molar-refractivity contribution in [3.8, 4) is 0 Å². The lowest BCUT2D eigenvalue weighted by Crippen LogP contribution is -2.18. The van der Waals surface area contributed by atoms with E-state index >= 15 is 0 Å². The molecule has 56 valence electrons. The minimum atomic E-state index is -0.824. The molecule has 0 spiro atoms. The van der Waals surface area contributed by atoms with Gasteiger partial charge in [-0.15, -0.1) is 0 Å². The van der Waals surface area contributed by atoms with Gasteiger partial charge < -0.3 is 9.90 Å². The number of carbonyl (C=O) groups excluding carboxylic acids is 1. The van der Waals surface area contributed by atoms with Crippen molar-refractivity contribution in [1.82, 2.24) is 0 Å². The number of carboxylic acid groups (broad SMARTS) is 1. The van der Waals surface area contributed by atoms with E-state index in [2.05, 4.69) is 0 Å². The average Bonchev–Trinajstić information content (AvgIpc) is 2.33. The van der Waals surface area contributed by atoms with Crippen LogP contribution in [0.3, 0.4) is 0 Å². The monoisotopic (exact) mass is 142 g/mol. The Labute approximate surface area is 59.0 Å². The summed E-state index contributed by atoms with van der Waals surface area (Å²) in [4.78, 5) is 20.7. The van der Waals surface area contributed by atoms with Crippen LogP contribution >= 0.6 is 0 Å². The van der Waals surface area contributed by atoms with Gasteiger partial charge in [0.25, 0.3) is 0 Å². The van der Waals surface area contributed by atoms with Gasteiger partial charge in [0.05, 0.1) is 5.92 Å². The standard InChI is InChI=1S/C7H10O3/c8-4-5-2-1-3-6(5)7(9)10/h4-6H,1-3H2,(H,9,10)/t5-,6+/m0/s1. The molecular formula is C7H10O3. The molecule has 2 atom stereocenters. The van der Waals surface area contributed by atoms with Crippen molar-refractivity contribution in [3.63, 3.8) is 0 Å². The molecule has 1 fully saturated rings. The number of aldehydes is 1. The van der Waals surface area contributed by atoms with E-state index in [1.54, 1.807) is 0 Å². The third-order valence-corrected chi connectivity index (χ3v) is 2.06. The van der Waals surface area contributed by atoms with Crippen molar-refractivity contribution in [2.45, 2.75) is 19.3 Å². The quantitative estimate of drug-likeness (QED) is 0.577. The van der Waals surface area contributed by atoms with E-state index in [0.717, 1.165) is 19.1 Å². The first-order valence-corrected chi connectivity index (χ1v) is 3.44. The molecule has 1 saturated carbocycles. The molecule has 0 unspecified atom stereocenters. The van der Waals surface area contributed by atoms with Crippen molar-refractivity contribution < 1.29 is 14.7 Å². The van der Waals surface area contributed by atoms with E-state index in [9.17, 15) is 9.59 Å². The highest BCUT2D eigenvalue weighted by Crippen LogP contribution is 2.29. The van der Waals surface area contributed by atoms with Gasteiger partial charge in [-0.25, -0.2) is 0 Å². The maximum absolute atomic E-state index is 10.4. The summed E-state index contributed by atoms with van der Waals surface area (Å²) < 4.78 is 0. The summed E-state index contributed by atoms with van der Waals surface area (Å²) in [6, 6.07) is 0. The first-order valence-electron chi connectivity index (χ1n) is 3.44. The molecule has 0 aromatic carbocycles. The second-order valence-electron chi connectivity index (χ2n) is 2.68. The fourth-order valence-electron chi connectivity index (χ4n) is 1.46. The SMILES string of the molecule is O=C[C@@H]1CCC[C@H]1C(=O)O. The summed E-state index contributed by atoms with van der Waals surface area (Å²) in [6.07, 6.45) is 3.06. The average molecular weight is 142 g/mol. The molecule has 1 aliphatic rings. The van der Waals surface area contributed by atoms with Gasteiger partial charge in [0.15, 0.2) is 0 Å². The van der Waals surface area contributed by atoms with Gasteiger partial charge in [-0.1, -0.05) is 6.42 Å². The largest absolute Gasteiger partial charge is 0.481 e. The Hall–Kier alpha value is -0.860. The number of aliphatic carboxylic acids is 1. The van der Waals surface area contributed by atoms with Gasteiger partial charge in [-0.2, -0.15) is 0 Å². The second kappa shape index (κ2) is 2.82. The maximum atomic E-state index is 10.4. The Bertz CT molecular complexity index is 153. The Morgan fingerprint density at radius 3 is 2.60 bits per heavy atom. The zero-order valence-electron chi connectivity index (χ0n) is 5.62. The van der Waals surface area contributed by atoms with Crippen LogP contribution in [0.25, 0.3) is 0 Å². The van der Waals surface area contributed by atoms with E-state index < -0.39 is 11.9 Å². The third kappa shape index (κ3) is 1.17. The van der Waals surface area contributed by atoms with Crippen molar-refractivity contribution in [1.29, 1.82) is 0 Å². The first kappa shape index (κ1) is 7.25. The summed E-state index contributed by atoms with van der Waals surface area (Å²) in [7, 11) is 0. The fourth-order valence-corrected chi connectivity index (χ4v) is 1.46. The van der Waals surface area contributed by atoms with Crippen molar-refractivity contribution in [2.24, 2.45) is 11.8 Å². The molecule has 1 rings (SSSR count). The summed E-state index contributed by atoms with van der Waals surface area (Å²) >= 11 is 0. The van der Waals surface area contributed by atoms with Crippen LogP contribution < -0.4 is 0 Å². The molecular weight excluding hydrogens is 132 g/mol. The van der Waals surface area contributed by atoms with Gasteiger partial charge in [0.1, 0.15) is 6.29 Å². The highest BCUT2D eigenvalue weighted by molar-refractivity contribution is 5.75. The number of hydrogen-bond donors (Lipinski definition) is 1. The van der Waals surface area contributed by atoms with E-state index in [4.69, 9.17) is 5.11 Å². The summed E-state index contributed by atoms with van der Waals surface area (Å²) in [5, 5.41) is 8.56. The molecule has 3 heteroatoms. The molecule has 0 bridgehead atoms. The zero-order chi connectivity index (χ0) is 7.56. The van der Waals surface area contributed by atoms with E-state index in [1.807, 2.05) is 0 Å². The Kier molecular flexibility index (Phi) is 2.04. The minimum absolute atomic E-state index is 0.225. The molecule has 0 radical (unpaired) electrons. The van der Waals surface area contributed by atoms with Crippen molar-refractivity contribution in [3.05, 3.63) is 0 Å². The topological polar surface area (TPSA) is 54.4 Å². The Morgan fingerprint density at radius 1 is 1.50 bits per heavy atom. The Balaban J connectivity index is 2.58. The van der Waals surface area contributed by atoms with Gasteiger partial charge >= 0.3 is 5.97 Å². The smallest absolute Gasteiger partial charge is 0.307 e. The minimum Gasteiger partial charge on any atom is -0.481 e. The number of carboxylic acids is 1. The van der Waals surface area contributed by atoms with Crippen LogP contribution in [0.2, 0.25) is 0 Å². The number of carbonyl (C=O) groups is 2. The normalized spacial score (nSPS) is 32.0. The molecule has 0 saturated heterocycles. The first-order chi connectivity index (χ1) is 4.75. The molecule has 10 heavy (non-hydrogen) atoms. The van der Waals surface area contributed by atoms with Crippen LogP contribution in [0, 0.1) is 11.8 Å². The molecule has 0 aliphatic heterocycles. The van der Waals surface area contributed by atoms with Gasteiger partial charge in [0, 0.05) is 5.92 Å². The fraction of sp³-hybridized carbons (Fsp3) is 0.714. The zero-order valence-corrected chi connectivity index (χ0v) is 5.62. The lowest BCUT2D eigenvalue weighted by molar-refractivity contribution is -0.144. The van der Waals surface area contributed by atoms with Crippen LogP contribution in [-0.4, -0.2) is 17.4 Å². The van der Waals surface area contributed by atoms with Crippen LogP contribution in [-0.2, 0) is 9.59 Å². The van der Waals surface area contributed by atoms with Crippen LogP contribution in [0.15, 0.2) is 0 Å². The summed E-state index contributed by atoms with van der Waals surface area (Å²) in [5.41, 5.74) is 0. The van der Waals surface area contributed by atoms with Crippen LogP contribution in [0.5, 0.6) is 0 Å². The van der Waals surface area contributed by atoms with Gasteiger partial charge in [-0.05, 0) is 12.8 Å². The third-order valence-electron chi connectivity index (χ3n) is 2.06.